The van der Waals surface area contributed by atoms with Gasteiger partial charge in [0.15, 0.2) is 0 Å². The maximum Gasteiger partial charge on any atom is 0.330 e. The zero-order valence-corrected chi connectivity index (χ0v) is 8.91. The van der Waals surface area contributed by atoms with Crippen molar-refractivity contribution in [1.29, 1.82) is 0 Å². The molecule has 0 unspecified atom stereocenters. The molecule has 0 rings (SSSR count). The zero-order chi connectivity index (χ0) is 11.6. The van der Waals surface area contributed by atoms with Crippen LogP contribution in [0, 0.1) is 0 Å². The number of allylic oxidation sites excluding steroid dienone is 1. The van der Waals surface area contributed by atoms with Crippen LogP contribution in [-0.2, 0) is 9.59 Å². The molecule has 0 spiro atoms. The van der Waals surface area contributed by atoms with Crippen molar-refractivity contribution in [2.75, 3.05) is 0 Å². The molecule has 82 valence electrons. The van der Waals surface area contributed by atoms with Gasteiger partial charge in [0, 0.05) is 12.5 Å². The monoisotopic (exact) mass is 202 g/mol. The summed E-state index contributed by atoms with van der Waals surface area (Å²) in [7, 11) is 0. The number of rotatable bonds is 4. The summed E-state index contributed by atoms with van der Waals surface area (Å²) in [5.41, 5.74) is 0.452. The van der Waals surface area contributed by atoms with Gasteiger partial charge in [-0.25, -0.2) is 4.79 Å². The lowest BCUT2D eigenvalue weighted by Gasteiger charge is -1.91. The van der Waals surface area contributed by atoms with Crippen LogP contribution in [0.5, 0.6) is 0 Å². The van der Waals surface area contributed by atoms with Gasteiger partial charge >= 0.3 is 5.97 Å². The van der Waals surface area contributed by atoms with Crippen molar-refractivity contribution < 1.29 is 19.8 Å². The molecule has 0 saturated carbocycles. The van der Waals surface area contributed by atoms with Crippen LogP contribution in [-0.4, -0.2) is 22.2 Å². The second-order valence-electron chi connectivity index (χ2n) is 2.85. The van der Waals surface area contributed by atoms with E-state index in [9.17, 15) is 4.79 Å². The predicted molar refractivity (Wildman–Crippen MR) is 54.2 cm³/mol. The summed E-state index contributed by atoms with van der Waals surface area (Å²) in [5.74, 6) is -1.64. The third-order valence-corrected chi connectivity index (χ3v) is 1.35. The molecule has 0 aliphatic heterocycles. The van der Waals surface area contributed by atoms with Gasteiger partial charge in [0.25, 0.3) is 5.97 Å². The number of hydrogen-bond donors (Lipinski definition) is 2. The predicted octanol–water partition coefficient (Wildman–Crippen LogP) is 2.30. The average molecular weight is 202 g/mol. The summed E-state index contributed by atoms with van der Waals surface area (Å²) in [6.07, 6.45) is 4.84. The minimum absolute atomic E-state index is 0.452. The Hall–Kier alpha value is -1.32. The van der Waals surface area contributed by atoms with Crippen LogP contribution >= 0.6 is 0 Å². The number of hydrogen-bond acceptors (Lipinski definition) is 2. The second-order valence-corrected chi connectivity index (χ2v) is 2.85. The molecule has 0 amide bonds. The van der Waals surface area contributed by atoms with Gasteiger partial charge in [-0.3, -0.25) is 4.79 Å². The highest BCUT2D eigenvalue weighted by Crippen LogP contribution is 2.00. The minimum Gasteiger partial charge on any atom is -0.481 e. The van der Waals surface area contributed by atoms with E-state index >= 15 is 0 Å². The van der Waals surface area contributed by atoms with Crippen molar-refractivity contribution in [3.8, 4) is 0 Å². The first-order chi connectivity index (χ1) is 6.41. The molecule has 0 saturated heterocycles. The van der Waals surface area contributed by atoms with E-state index in [0.717, 1.165) is 26.2 Å². The molecule has 0 heterocycles. The summed E-state index contributed by atoms with van der Waals surface area (Å²) < 4.78 is 0. The van der Waals surface area contributed by atoms with Crippen molar-refractivity contribution in [3.05, 3.63) is 11.6 Å². The quantitative estimate of drug-likeness (QED) is 0.541. The molecule has 14 heavy (non-hydrogen) atoms. The molecule has 0 fully saturated rings. The summed E-state index contributed by atoms with van der Waals surface area (Å²) in [6.45, 7) is 4.79. The lowest BCUT2D eigenvalue weighted by atomic mass is 10.2. The van der Waals surface area contributed by atoms with E-state index in [4.69, 9.17) is 15.0 Å². The summed E-state index contributed by atoms with van der Waals surface area (Å²) in [5, 5.41) is 15.8. The van der Waals surface area contributed by atoms with E-state index in [2.05, 4.69) is 6.92 Å². The molecule has 0 aromatic heterocycles. The highest BCUT2D eigenvalue weighted by Gasteiger charge is 1.96. The Labute approximate surface area is 84.3 Å². The van der Waals surface area contributed by atoms with Gasteiger partial charge in [0.05, 0.1) is 0 Å². The molecule has 0 aliphatic carbocycles. The SMILES string of the molecule is CC(=O)O.CCCC/C=C(/C)C(=O)O. The van der Waals surface area contributed by atoms with Crippen LogP contribution in [0.25, 0.3) is 0 Å². The summed E-state index contributed by atoms with van der Waals surface area (Å²) >= 11 is 0. The standard InChI is InChI=1S/C8H14O2.C2H4O2/c1-3-4-5-6-7(2)8(9)10;1-2(3)4/h6H,3-5H2,1-2H3,(H,9,10);1H3,(H,3,4)/b7-6-;. The molecule has 0 aromatic rings. The van der Waals surface area contributed by atoms with E-state index in [1.165, 1.54) is 0 Å². The van der Waals surface area contributed by atoms with E-state index < -0.39 is 11.9 Å². The van der Waals surface area contributed by atoms with Crippen molar-refractivity contribution in [2.24, 2.45) is 0 Å². The van der Waals surface area contributed by atoms with Crippen LogP contribution in [0.3, 0.4) is 0 Å². The maximum atomic E-state index is 10.2. The fourth-order valence-corrected chi connectivity index (χ4v) is 0.610. The Morgan fingerprint density at radius 2 is 1.64 bits per heavy atom. The Morgan fingerprint density at radius 1 is 1.21 bits per heavy atom. The van der Waals surface area contributed by atoms with E-state index in [1.807, 2.05) is 0 Å². The number of carbonyl (C=O) groups is 2. The van der Waals surface area contributed by atoms with Gasteiger partial charge in [-0.15, -0.1) is 0 Å². The molecule has 0 aliphatic rings. The van der Waals surface area contributed by atoms with Crippen LogP contribution in [0.2, 0.25) is 0 Å². The van der Waals surface area contributed by atoms with Crippen molar-refractivity contribution >= 4 is 11.9 Å². The summed E-state index contributed by atoms with van der Waals surface area (Å²) in [4.78, 5) is 19.2. The molecule has 0 aromatic carbocycles. The Kier molecular flexibility index (Phi) is 10.6. The number of aliphatic carboxylic acids is 2. The van der Waals surface area contributed by atoms with Gasteiger partial charge in [0.2, 0.25) is 0 Å². The summed E-state index contributed by atoms with van der Waals surface area (Å²) in [6, 6.07) is 0. The fraction of sp³-hybridized carbons (Fsp3) is 0.600. The van der Waals surface area contributed by atoms with Gasteiger partial charge in [-0.1, -0.05) is 25.8 Å². The molecule has 0 radical (unpaired) electrons. The lowest BCUT2D eigenvalue weighted by molar-refractivity contribution is -0.134. The van der Waals surface area contributed by atoms with E-state index in [-0.39, 0.29) is 0 Å². The third-order valence-electron chi connectivity index (χ3n) is 1.35. The smallest absolute Gasteiger partial charge is 0.330 e. The lowest BCUT2D eigenvalue weighted by Crippen LogP contribution is -1.95. The van der Waals surface area contributed by atoms with Gasteiger partial charge in [-0.05, 0) is 13.3 Å². The molecular formula is C10H18O4. The molecule has 0 bridgehead atoms. The fourth-order valence-electron chi connectivity index (χ4n) is 0.610. The van der Waals surface area contributed by atoms with Crippen LogP contribution in [0.15, 0.2) is 11.6 Å². The first-order valence-electron chi connectivity index (χ1n) is 4.51. The zero-order valence-electron chi connectivity index (χ0n) is 8.91. The first kappa shape index (κ1) is 15.2. The largest absolute Gasteiger partial charge is 0.481 e. The van der Waals surface area contributed by atoms with Gasteiger partial charge < -0.3 is 10.2 Å². The number of unbranched alkanes of at least 4 members (excludes halogenated alkanes) is 2. The Bertz CT molecular complexity index is 202. The van der Waals surface area contributed by atoms with Crippen molar-refractivity contribution in [2.45, 2.75) is 40.0 Å². The van der Waals surface area contributed by atoms with E-state index in [1.54, 1.807) is 13.0 Å². The van der Waals surface area contributed by atoms with Crippen molar-refractivity contribution in [1.82, 2.24) is 0 Å². The van der Waals surface area contributed by atoms with E-state index in [0.29, 0.717) is 5.57 Å². The average Bonchev–Trinajstić information content (AvgIpc) is 2.03. The highest BCUT2D eigenvalue weighted by molar-refractivity contribution is 5.85. The third kappa shape index (κ3) is 17.0. The highest BCUT2D eigenvalue weighted by atomic mass is 16.4. The first-order valence-corrected chi connectivity index (χ1v) is 4.51. The van der Waals surface area contributed by atoms with Gasteiger partial charge in [-0.2, -0.15) is 0 Å². The maximum absolute atomic E-state index is 10.2. The molecule has 4 heteroatoms. The molecule has 2 N–H and O–H groups in total. The van der Waals surface area contributed by atoms with Crippen molar-refractivity contribution in [3.63, 3.8) is 0 Å². The normalized spacial score (nSPS) is 10.1. The topological polar surface area (TPSA) is 74.6 Å². The number of carboxylic acids is 2. The Balaban J connectivity index is 0. The van der Waals surface area contributed by atoms with Gasteiger partial charge in [0.1, 0.15) is 0 Å². The molecule has 0 atom stereocenters. The molecule has 4 nitrogen and oxygen atoms in total. The van der Waals surface area contributed by atoms with Crippen LogP contribution in [0.4, 0.5) is 0 Å². The second kappa shape index (κ2) is 9.77. The van der Waals surface area contributed by atoms with Crippen LogP contribution < -0.4 is 0 Å². The number of carboxylic acid groups (broad SMARTS) is 2. The Morgan fingerprint density at radius 3 is 1.93 bits per heavy atom. The minimum atomic E-state index is -0.833. The molecular weight excluding hydrogens is 184 g/mol. The van der Waals surface area contributed by atoms with Crippen LogP contribution in [0.1, 0.15) is 40.0 Å².